The smallest absolute Gasteiger partial charge is 0.324 e. The summed E-state index contributed by atoms with van der Waals surface area (Å²) < 4.78 is 13.8. The molecule has 172 valence electrons. The van der Waals surface area contributed by atoms with Crippen LogP contribution >= 0.6 is 0 Å². The van der Waals surface area contributed by atoms with Gasteiger partial charge in [0.1, 0.15) is 5.82 Å². The van der Waals surface area contributed by atoms with Gasteiger partial charge in [-0.1, -0.05) is 25.0 Å². The second-order valence-corrected chi connectivity index (χ2v) is 8.33. The standard InChI is InChI=1S/C24H25FN4O4/c25-17-5-3-4-16(14-17)24(11-1-2-12-24)22(32)28-19-8-6-18(7-9-19)27-20(30)10-13-29-21(31)15-26-23(29)33/h3-9,14H,1-2,10-13,15H2,(H,26,33)(H,27,30)(H,28,32). The van der Waals surface area contributed by atoms with E-state index in [2.05, 4.69) is 16.0 Å². The summed E-state index contributed by atoms with van der Waals surface area (Å²) in [5.41, 5.74) is 1.02. The minimum absolute atomic E-state index is 0.00675. The SMILES string of the molecule is O=C(CCN1C(=O)CNC1=O)Nc1ccc(NC(=O)C2(c3cccc(F)c3)CCCC2)cc1. The van der Waals surface area contributed by atoms with E-state index in [0.29, 0.717) is 29.8 Å². The minimum Gasteiger partial charge on any atom is -0.329 e. The van der Waals surface area contributed by atoms with E-state index in [1.165, 1.54) is 12.1 Å². The summed E-state index contributed by atoms with van der Waals surface area (Å²) >= 11 is 0. The van der Waals surface area contributed by atoms with Crippen LogP contribution < -0.4 is 16.0 Å². The van der Waals surface area contributed by atoms with E-state index in [-0.39, 0.29) is 43.0 Å². The van der Waals surface area contributed by atoms with Gasteiger partial charge in [0.05, 0.1) is 12.0 Å². The van der Waals surface area contributed by atoms with Gasteiger partial charge in [-0.25, -0.2) is 9.18 Å². The zero-order chi connectivity index (χ0) is 23.4. The highest BCUT2D eigenvalue weighted by Gasteiger charge is 2.42. The largest absolute Gasteiger partial charge is 0.329 e. The molecule has 2 aromatic carbocycles. The van der Waals surface area contributed by atoms with Gasteiger partial charge in [-0.2, -0.15) is 0 Å². The van der Waals surface area contributed by atoms with Crippen LogP contribution in [0, 0.1) is 5.82 Å². The topological polar surface area (TPSA) is 108 Å². The fraction of sp³-hybridized carbons (Fsp3) is 0.333. The zero-order valence-corrected chi connectivity index (χ0v) is 18.0. The Morgan fingerprint density at radius 1 is 1.00 bits per heavy atom. The maximum atomic E-state index is 13.8. The third-order valence-electron chi connectivity index (χ3n) is 6.19. The first-order valence-corrected chi connectivity index (χ1v) is 10.9. The normalized spacial score (nSPS) is 17.1. The molecule has 0 atom stereocenters. The summed E-state index contributed by atoms with van der Waals surface area (Å²) in [6, 6.07) is 12.4. The molecule has 3 N–H and O–H groups in total. The lowest BCUT2D eigenvalue weighted by Gasteiger charge is -2.28. The van der Waals surface area contributed by atoms with Crippen molar-refractivity contribution < 1.29 is 23.6 Å². The zero-order valence-electron chi connectivity index (χ0n) is 18.0. The van der Waals surface area contributed by atoms with Gasteiger partial charge in [0.2, 0.25) is 17.7 Å². The second kappa shape index (κ2) is 9.40. The van der Waals surface area contributed by atoms with Crippen LogP contribution in [0.3, 0.4) is 0 Å². The molecule has 1 saturated heterocycles. The van der Waals surface area contributed by atoms with Gasteiger partial charge in [0, 0.05) is 24.3 Å². The maximum absolute atomic E-state index is 13.8. The number of nitrogens with one attached hydrogen (secondary N) is 3. The summed E-state index contributed by atoms with van der Waals surface area (Å²) in [7, 11) is 0. The van der Waals surface area contributed by atoms with E-state index >= 15 is 0 Å². The Morgan fingerprint density at radius 3 is 2.27 bits per heavy atom. The van der Waals surface area contributed by atoms with Crippen LogP contribution in [0.25, 0.3) is 0 Å². The van der Waals surface area contributed by atoms with Crippen LogP contribution in [-0.2, 0) is 19.8 Å². The van der Waals surface area contributed by atoms with E-state index in [4.69, 9.17) is 0 Å². The van der Waals surface area contributed by atoms with Crippen molar-refractivity contribution in [2.24, 2.45) is 0 Å². The number of carbonyl (C=O) groups is 4. The average Bonchev–Trinajstić information content (AvgIpc) is 3.42. The molecule has 2 fully saturated rings. The van der Waals surface area contributed by atoms with E-state index < -0.39 is 11.4 Å². The molecule has 9 heteroatoms. The van der Waals surface area contributed by atoms with Gasteiger partial charge < -0.3 is 16.0 Å². The summed E-state index contributed by atoms with van der Waals surface area (Å²) in [6.07, 6.45) is 3.11. The molecule has 1 aliphatic heterocycles. The van der Waals surface area contributed by atoms with Gasteiger partial charge in [0.15, 0.2) is 0 Å². The Labute approximate surface area is 190 Å². The molecule has 1 aliphatic carbocycles. The van der Waals surface area contributed by atoms with E-state index in [9.17, 15) is 23.6 Å². The highest BCUT2D eigenvalue weighted by molar-refractivity contribution is 6.02. The van der Waals surface area contributed by atoms with Crippen molar-refractivity contribution in [3.8, 4) is 0 Å². The van der Waals surface area contributed by atoms with Crippen molar-refractivity contribution in [3.63, 3.8) is 0 Å². The van der Waals surface area contributed by atoms with E-state index in [1.807, 2.05) is 0 Å². The van der Waals surface area contributed by atoms with Crippen LogP contribution in [0.15, 0.2) is 48.5 Å². The van der Waals surface area contributed by atoms with Gasteiger partial charge in [-0.3, -0.25) is 19.3 Å². The van der Waals surface area contributed by atoms with Crippen molar-refractivity contribution in [1.82, 2.24) is 10.2 Å². The first-order valence-electron chi connectivity index (χ1n) is 10.9. The Balaban J connectivity index is 1.36. The van der Waals surface area contributed by atoms with E-state index in [1.54, 1.807) is 36.4 Å². The third kappa shape index (κ3) is 4.87. The van der Waals surface area contributed by atoms with Crippen molar-refractivity contribution >= 4 is 35.1 Å². The van der Waals surface area contributed by atoms with Gasteiger partial charge >= 0.3 is 6.03 Å². The van der Waals surface area contributed by atoms with Gasteiger partial charge in [-0.05, 0) is 54.8 Å². The number of hydrogen-bond acceptors (Lipinski definition) is 4. The number of benzene rings is 2. The molecule has 0 radical (unpaired) electrons. The molecular weight excluding hydrogens is 427 g/mol. The number of halogens is 1. The molecule has 5 amide bonds. The molecule has 1 saturated carbocycles. The lowest BCUT2D eigenvalue weighted by atomic mass is 9.78. The lowest BCUT2D eigenvalue weighted by Crippen LogP contribution is -2.38. The van der Waals surface area contributed by atoms with Crippen LogP contribution in [-0.4, -0.2) is 41.7 Å². The Bertz CT molecular complexity index is 1060. The highest BCUT2D eigenvalue weighted by atomic mass is 19.1. The fourth-order valence-electron chi connectivity index (χ4n) is 4.42. The van der Waals surface area contributed by atoms with Crippen molar-refractivity contribution in [1.29, 1.82) is 0 Å². The Hall–Kier alpha value is -3.75. The number of amides is 5. The number of carbonyl (C=O) groups excluding carboxylic acids is 4. The minimum atomic E-state index is -0.756. The number of imide groups is 1. The molecule has 0 unspecified atom stereocenters. The predicted octanol–water partition coefficient (Wildman–Crippen LogP) is 3.16. The predicted molar refractivity (Wildman–Crippen MR) is 120 cm³/mol. The molecule has 33 heavy (non-hydrogen) atoms. The molecule has 0 spiro atoms. The Kier molecular flexibility index (Phi) is 6.39. The lowest BCUT2D eigenvalue weighted by molar-refractivity contribution is -0.125. The van der Waals surface area contributed by atoms with Gasteiger partial charge in [0.25, 0.3) is 0 Å². The van der Waals surface area contributed by atoms with Crippen molar-refractivity contribution in [3.05, 3.63) is 59.9 Å². The molecule has 1 heterocycles. The summed E-state index contributed by atoms with van der Waals surface area (Å²) in [5, 5.41) is 8.04. The molecule has 0 bridgehead atoms. The van der Waals surface area contributed by atoms with Crippen LogP contribution in [0.1, 0.15) is 37.7 Å². The van der Waals surface area contributed by atoms with Crippen LogP contribution in [0.5, 0.6) is 0 Å². The first-order chi connectivity index (χ1) is 15.9. The summed E-state index contributed by atoms with van der Waals surface area (Å²) in [6.45, 7) is -0.0407. The summed E-state index contributed by atoms with van der Waals surface area (Å²) in [4.78, 5) is 49.5. The van der Waals surface area contributed by atoms with Crippen LogP contribution in [0.4, 0.5) is 20.6 Å². The monoisotopic (exact) mass is 452 g/mol. The highest BCUT2D eigenvalue weighted by Crippen LogP contribution is 2.42. The number of rotatable bonds is 7. The average molecular weight is 452 g/mol. The van der Waals surface area contributed by atoms with E-state index in [0.717, 1.165) is 17.7 Å². The van der Waals surface area contributed by atoms with Crippen molar-refractivity contribution in [2.45, 2.75) is 37.5 Å². The number of anilines is 2. The van der Waals surface area contributed by atoms with Crippen molar-refractivity contribution in [2.75, 3.05) is 23.7 Å². The fourth-order valence-corrected chi connectivity index (χ4v) is 4.42. The molecule has 2 aliphatic rings. The molecular formula is C24H25FN4O4. The first kappa shape index (κ1) is 22.4. The summed E-state index contributed by atoms with van der Waals surface area (Å²) in [5.74, 6) is -1.22. The third-order valence-corrected chi connectivity index (χ3v) is 6.19. The molecule has 0 aromatic heterocycles. The second-order valence-electron chi connectivity index (χ2n) is 8.33. The number of urea groups is 1. The van der Waals surface area contributed by atoms with Crippen LogP contribution in [0.2, 0.25) is 0 Å². The Morgan fingerprint density at radius 2 is 1.67 bits per heavy atom. The number of hydrogen-bond donors (Lipinski definition) is 3. The maximum Gasteiger partial charge on any atom is 0.324 e. The quantitative estimate of drug-likeness (QED) is 0.561. The molecule has 4 rings (SSSR count). The molecule has 2 aromatic rings. The van der Waals surface area contributed by atoms with Gasteiger partial charge in [-0.15, -0.1) is 0 Å². The molecule has 8 nitrogen and oxygen atoms in total. The number of nitrogens with zero attached hydrogens (tertiary/aromatic N) is 1.